The van der Waals surface area contributed by atoms with Crippen molar-refractivity contribution < 1.29 is 9.90 Å². The lowest BCUT2D eigenvalue weighted by atomic mass is 9.82. The van der Waals surface area contributed by atoms with Crippen molar-refractivity contribution in [3.8, 4) is 0 Å². The number of nitrogens with one attached hydrogen (secondary N) is 1. The molecule has 0 spiro atoms. The quantitative estimate of drug-likeness (QED) is 0.711. The van der Waals surface area contributed by atoms with E-state index in [1.807, 2.05) is 20.8 Å². The van der Waals surface area contributed by atoms with Crippen molar-refractivity contribution in [1.82, 2.24) is 5.32 Å². The zero-order valence-electron chi connectivity index (χ0n) is 10.1. The van der Waals surface area contributed by atoms with Gasteiger partial charge in [0.25, 0.3) is 0 Å². The van der Waals surface area contributed by atoms with E-state index in [4.69, 9.17) is 22.4 Å². The fourth-order valence-corrected chi connectivity index (χ4v) is 1.78. The molecule has 0 radical (unpaired) electrons. The van der Waals surface area contributed by atoms with Crippen LogP contribution in [0, 0.1) is 5.41 Å². The van der Waals surface area contributed by atoms with Gasteiger partial charge >= 0.3 is 6.09 Å². The molecule has 1 rings (SSSR count). The van der Waals surface area contributed by atoms with Crippen molar-refractivity contribution in [2.75, 3.05) is 5.73 Å². The third-order valence-electron chi connectivity index (χ3n) is 2.49. The number of hydrogen-bond acceptors (Lipinski definition) is 2. The first-order chi connectivity index (χ1) is 7.71. The number of amides is 1. The van der Waals surface area contributed by atoms with Crippen LogP contribution in [0.4, 0.5) is 10.5 Å². The van der Waals surface area contributed by atoms with Crippen LogP contribution in [0.5, 0.6) is 0 Å². The van der Waals surface area contributed by atoms with E-state index in [9.17, 15) is 4.79 Å². The number of carbonyl (C=O) groups is 1. The summed E-state index contributed by atoms with van der Waals surface area (Å²) >= 11 is 5.84. The van der Waals surface area contributed by atoms with E-state index in [1.54, 1.807) is 18.2 Å². The number of carboxylic acid groups (broad SMARTS) is 1. The van der Waals surface area contributed by atoms with Gasteiger partial charge in [-0.25, -0.2) is 4.79 Å². The molecule has 1 aromatic carbocycles. The number of anilines is 1. The topological polar surface area (TPSA) is 75.3 Å². The zero-order valence-corrected chi connectivity index (χ0v) is 10.9. The second-order valence-corrected chi connectivity index (χ2v) is 5.44. The van der Waals surface area contributed by atoms with Crippen LogP contribution in [0.2, 0.25) is 5.02 Å². The molecule has 0 heterocycles. The van der Waals surface area contributed by atoms with Crippen LogP contribution in [0.1, 0.15) is 32.4 Å². The summed E-state index contributed by atoms with van der Waals surface area (Å²) in [5, 5.41) is 11.8. The van der Waals surface area contributed by atoms with Gasteiger partial charge in [0.2, 0.25) is 0 Å². The molecule has 1 unspecified atom stereocenters. The van der Waals surface area contributed by atoms with Crippen LogP contribution in [0.25, 0.3) is 0 Å². The van der Waals surface area contributed by atoms with Crippen molar-refractivity contribution in [2.45, 2.75) is 26.8 Å². The molecule has 0 aliphatic rings. The highest BCUT2D eigenvalue weighted by Crippen LogP contribution is 2.34. The van der Waals surface area contributed by atoms with Crippen LogP contribution in [0.15, 0.2) is 18.2 Å². The Morgan fingerprint density at radius 3 is 2.47 bits per heavy atom. The maximum absolute atomic E-state index is 10.8. The first-order valence-corrected chi connectivity index (χ1v) is 5.64. The second kappa shape index (κ2) is 4.84. The Bertz CT molecular complexity index is 427. The molecule has 17 heavy (non-hydrogen) atoms. The van der Waals surface area contributed by atoms with Gasteiger partial charge in [-0.1, -0.05) is 38.4 Å². The Morgan fingerprint density at radius 1 is 1.47 bits per heavy atom. The Kier molecular flexibility index (Phi) is 3.88. The summed E-state index contributed by atoms with van der Waals surface area (Å²) in [5.74, 6) is 0. The van der Waals surface area contributed by atoms with Gasteiger partial charge in [-0.15, -0.1) is 0 Å². The molecule has 0 fully saturated rings. The minimum Gasteiger partial charge on any atom is -0.465 e. The minimum absolute atomic E-state index is 0.251. The average Bonchev–Trinajstić information content (AvgIpc) is 2.17. The van der Waals surface area contributed by atoms with Gasteiger partial charge < -0.3 is 16.2 Å². The van der Waals surface area contributed by atoms with E-state index in [0.29, 0.717) is 10.7 Å². The smallest absolute Gasteiger partial charge is 0.405 e. The molecule has 0 saturated heterocycles. The third kappa shape index (κ3) is 3.53. The average molecular weight is 257 g/mol. The summed E-state index contributed by atoms with van der Waals surface area (Å²) in [6.45, 7) is 5.87. The van der Waals surface area contributed by atoms with E-state index in [-0.39, 0.29) is 11.5 Å². The standard InChI is InChI=1S/C12H17ClN2O2/c1-12(2,3)10(15-11(16)17)7-4-5-8(13)9(14)6-7/h4-6,10,15H,14H2,1-3H3,(H,16,17). The maximum Gasteiger partial charge on any atom is 0.405 e. The third-order valence-corrected chi connectivity index (χ3v) is 2.83. The molecule has 1 amide bonds. The molecular weight excluding hydrogens is 240 g/mol. The lowest BCUT2D eigenvalue weighted by Gasteiger charge is -2.31. The van der Waals surface area contributed by atoms with Gasteiger partial charge in [0.1, 0.15) is 0 Å². The molecule has 5 heteroatoms. The predicted molar refractivity (Wildman–Crippen MR) is 69.2 cm³/mol. The van der Waals surface area contributed by atoms with Crippen LogP contribution in [-0.4, -0.2) is 11.2 Å². The summed E-state index contributed by atoms with van der Waals surface area (Å²) in [6.07, 6.45) is -1.06. The van der Waals surface area contributed by atoms with Crippen LogP contribution in [-0.2, 0) is 0 Å². The number of halogens is 1. The number of hydrogen-bond donors (Lipinski definition) is 3. The second-order valence-electron chi connectivity index (χ2n) is 5.03. The fraction of sp³-hybridized carbons (Fsp3) is 0.417. The number of rotatable bonds is 2. The highest BCUT2D eigenvalue weighted by atomic mass is 35.5. The molecule has 0 bridgehead atoms. The Hall–Kier alpha value is -1.42. The molecule has 0 saturated carbocycles. The predicted octanol–water partition coefficient (Wildman–Crippen LogP) is 3.28. The van der Waals surface area contributed by atoms with E-state index >= 15 is 0 Å². The lowest BCUT2D eigenvalue weighted by Crippen LogP contribution is -2.35. The Morgan fingerprint density at radius 2 is 2.06 bits per heavy atom. The van der Waals surface area contributed by atoms with E-state index in [1.165, 1.54) is 0 Å². The van der Waals surface area contributed by atoms with Gasteiger partial charge in [-0.2, -0.15) is 0 Å². The van der Waals surface area contributed by atoms with Crippen molar-refractivity contribution in [2.24, 2.45) is 5.41 Å². The molecule has 0 aliphatic carbocycles. The zero-order chi connectivity index (χ0) is 13.2. The van der Waals surface area contributed by atoms with Gasteiger partial charge in [0.05, 0.1) is 16.8 Å². The minimum atomic E-state index is -1.06. The van der Waals surface area contributed by atoms with Gasteiger partial charge in [0.15, 0.2) is 0 Å². The monoisotopic (exact) mass is 256 g/mol. The lowest BCUT2D eigenvalue weighted by molar-refractivity contribution is 0.175. The molecule has 4 nitrogen and oxygen atoms in total. The Balaban J connectivity index is 3.13. The van der Waals surface area contributed by atoms with E-state index in [2.05, 4.69) is 5.32 Å². The first kappa shape index (κ1) is 13.6. The van der Waals surface area contributed by atoms with Crippen LogP contribution in [0.3, 0.4) is 0 Å². The van der Waals surface area contributed by atoms with Gasteiger partial charge in [-0.3, -0.25) is 0 Å². The Labute approximate surface area is 106 Å². The number of nitrogens with two attached hydrogens (primary N) is 1. The van der Waals surface area contributed by atoms with Crippen LogP contribution < -0.4 is 11.1 Å². The maximum atomic E-state index is 10.8. The normalized spacial score (nSPS) is 13.2. The SMILES string of the molecule is CC(C)(C)C(NC(=O)O)c1ccc(Cl)c(N)c1. The fourth-order valence-electron chi connectivity index (χ4n) is 1.67. The highest BCUT2D eigenvalue weighted by molar-refractivity contribution is 6.33. The summed E-state index contributed by atoms with van der Waals surface area (Å²) in [5.41, 5.74) is 6.73. The number of benzene rings is 1. The summed E-state index contributed by atoms with van der Waals surface area (Å²) in [4.78, 5) is 10.8. The molecule has 0 aromatic heterocycles. The van der Waals surface area contributed by atoms with Crippen molar-refractivity contribution in [3.05, 3.63) is 28.8 Å². The van der Waals surface area contributed by atoms with Gasteiger partial charge in [-0.05, 0) is 23.1 Å². The van der Waals surface area contributed by atoms with Gasteiger partial charge in [0, 0.05) is 0 Å². The molecular formula is C12H17ClN2O2. The molecule has 94 valence electrons. The largest absolute Gasteiger partial charge is 0.465 e. The van der Waals surface area contributed by atoms with Crippen molar-refractivity contribution in [1.29, 1.82) is 0 Å². The summed E-state index contributed by atoms with van der Waals surface area (Å²) < 4.78 is 0. The molecule has 1 atom stereocenters. The summed E-state index contributed by atoms with van der Waals surface area (Å²) in [7, 11) is 0. The highest BCUT2D eigenvalue weighted by Gasteiger charge is 2.28. The van der Waals surface area contributed by atoms with E-state index in [0.717, 1.165) is 5.56 Å². The number of nitrogen functional groups attached to an aromatic ring is 1. The van der Waals surface area contributed by atoms with E-state index < -0.39 is 6.09 Å². The molecule has 4 N–H and O–H groups in total. The first-order valence-electron chi connectivity index (χ1n) is 5.26. The molecule has 1 aromatic rings. The van der Waals surface area contributed by atoms with Crippen molar-refractivity contribution in [3.63, 3.8) is 0 Å². The van der Waals surface area contributed by atoms with Crippen LogP contribution >= 0.6 is 11.6 Å². The summed E-state index contributed by atoms with van der Waals surface area (Å²) in [6, 6.07) is 4.83. The van der Waals surface area contributed by atoms with Crippen molar-refractivity contribution >= 4 is 23.4 Å². The molecule has 0 aliphatic heterocycles.